The molecular weight excluding hydrogens is 571 g/mol. The summed E-state index contributed by atoms with van der Waals surface area (Å²) in [5, 5.41) is 6.47. The maximum Gasteiger partial charge on any atom is 0.106 e. The van der Waals surface area contributed by atoms with Crippen LogP contribution in [-0.2, 0) is 33.9 Å². The number of rotatable bonds is 7. The van der Waals surface area contributed by atoms with Crippen LogP contribution in [0.25, 0.3) is 0 Å². The molecule has 0 aliphatic rings. The third kappa shape index (κ3) is 9.44. The van der Waals surface area contributed by atoms with Crippen LogP contribution < -0.4 is 21.2 Å². The number of hydrogen-bond donors (Lipinski definition) is 0. The summed E-state index contributed by atoms with van der Waals surface area (Å²) >= 11 is 0. The summed E-state index contributed by atoms with van der Waals surface area (Å²) in [6.45, 7) is 8.37. The van der Waals surface area contributed by atoms with Crippen molar-refractivity contribution >= 4 is 57.4 Å². The molecule has 0 amide bonds. The molecule has 0 saturated carbocycles. The first-order valence-corrected chi connectivity index (χ1v) is 13.9. The van der Waals surface area contributed by atoms with E-state index in [-0.39, 0.29) is 19.5 Å². The van der Waals surface area contributed by atoms with Crippen LogP contribution in [0.5, 0.6) is 0 Å². The zero-order valence-electron chi connectivity index (χ0n) is 20.4. The van der Waals surface area contributed by atoms with Gasteiger partial charge in [0.25, 0.3) is 0 Å². The molecule has 0 aromatic heterocycles. The summed E-state index contributed by atoms with van der Waals surface area (Å²) in [4.78, 5) is 24.0. The molecule has 4 rings (SSSR count). The van der Waals surface area contributed by atoms with Gasteiger partial charge in [0.2, 0.25) is 0 Å². The van der Waals surface area contributed by atoms with Gasteiger partial charge in [-0.1, -0.05) is 128 Å². The molecule has 0 unspecified atom stereocenters. The van der Waals surface area contributed by atoms with Crippen molar-refractivity contribution in [2.45, 2.75) is 18.7 Å². The van der Waals surface area contributed by atoms with Gasteiger partial charge in [0.1, 0.15) is 20.4 Å². The van der Waals surface area contributed by atoms with Crippen molar-refractivity contribution in [3.63, 3.8) is 0 Å². The topological polar surface area (TPSA) is 51.2 Å². The Hall–Kier alpha value is -2.63. The number of carbonyl (C=O) groups is 3. The van der Waals surface area contributed by atoms with E-state index in [9.17, 15) is 0 Å². The Morgan fingerprint density at radius 3 is 0.833 bits per heavy atom. The van der Waals surface area contributed by atoms with Crippen LogP contribution in [0.2, 0.25) is 0 Å². The Morgan fingerprint density at radius 2 is 0.667 bits per heavy atom. The Labute approximate surface area is 230 Å². The van der Waals surface area contributed by atoms with Crippen molar-refractivity contribution in [2.75, 3.05) is 0 Å². The molecule has 36 heavy (non-hydrogen) atoms. The molecule has 0 heterocycles. The van der Waals surface area contributed by atoms with Crippen LogP contribution in [0.15, 0.2) is 121 Å². The van der Waals surface area contributed by atoms with Gasteiger partial charge in [-0.15, -0.1) is 0 Å². The average molecular weight is 604 g/mol. The Kier molecular flexibility index (Phi) is 19.1. The fourth-order valence-corrected chi connectivity index (χ4v) is 11.0. The number of carbonyl (C=O) groups excluding carboxylic acids is 3. The normalized spacial score (nSPS) is 9.44. The summed E-state index contributed by atoms with van der Waals surface area (Å²) < 4.78 is 0. The van der Waals surface area contributed by atoms with E-state index in [1.165, 1.54) is 21.2 Å². The van der Waals surface area contributed by atoms with E-state index in [4.69, 9.17) is 14.4 Å². The minimum absolute atomic E-state index is 0. The van der Waals surface area contributed by atoms with Gasteiger partial charge >= 0.3 is 0 Å². The fourth-order valence-electron chi connectivity index (χ4n) is 3.82. The smallest absolute Gasteiger partial charge is 0.106 e. The first kappa shape index (κ1) is 33.4. The number of hydrogen-bond acceptors (Lipinski definition) is 3. The van der Waals surface area contributed by atoms with Crippen LogP contribution in [0, 0.1) is 0 Å². The van der Waals surface area contributed by atoms with Crippen molar-refractivity contribution < 1.29 is 33.9 Å². The van der Waals surface area contributed by atoms with Crippen LogP contribution in [0.3, 0.4) is 0 Å². The van der Waals surface area contributed by atoms with E-state index in [1.807, 2.05) is 20.4 Å². The second-order valence-corrected chi connectivity index (χ2v) is 12.2. The summed E-state index contributed by atoms with van der Waals surface area (Å²) in [6, 6.07) is 44.6. The third-order valence-corrected chi connectivity index (χ3v) is 11.8. The molecular formula is C30H32O3P2Ru. The molecule has 0 radical (unpaired) electrons. The molecule has 4 aromatic carbocycles. The second-order valence-electron chi connectivity index (χ2n) is 6.97. The van der Waals surface area contributed by atoms with Gasteiger partial charge in [-0.2, -0.15) is 0 Å². The SMILES string of the molecule is C=O.C=O.C=O.CCC(P(c1ccccc1)c1ccccc1)P(c1ccccc1)c1ccccc1.[Ru]. The maximum absolute atomic E-state index is 8.00. The first-order valence-electron chi connectivity index (χ1n) is 11.0. The van der Waals surface area contributed by atoms with Crippen LogP contribution >= 0.6 is 15.8 Å². The van der Waals surface area contributed by atoms with E-state index < -0.39 is 15.8 Å². The van der Waals surface area contributed by atoms with Crippen LogP contribution in [-0.4, -0.2) is 25.8 Å². The molecule has 6 heteroatoms. The Morgan fingerprint density at radius 1 is 0.472 bits per heavy atom. The zero-order valence-corrected chi connectivity index (χ0v) is 24.0. The summed E-state index contributed by atoms with van der Waals surface area (Å²) in [5.41, 5.74) is 0. The molecule has 0 aliphatic heterocycles. The van der Waals surface area contributed by atoms with E-state index in [0.29, 0.717) is 5.40 Å². The predicted octanol–water partition coefficient (Wildman–Crippen LogP) is 5.43. The second kappa shape index (κ2) is 20.6. The molecule has 0 fully saturated rings. The molecule has 0 atom stereocenters. The zero-order chi connectivity index (χ0) is 25.9. The molecule has 0 N–H and O–H groups in total. The molecule has 0 aliphatic carbocycles. The third-order valence-electron chi connectivity index (χ3n) is 5.10. The van der Waals surface area contributed by atoms with E-state index >= 15 is 0 Å². The Balaban J connectivity index is 0.00000163. The quantitative estimate of drug-likeness (QED) is 0.209. The van der Waals surface area contributed by atoms with E-state index in [1.54, 1.807) is 0 Å². The van der Waals surface area contributed by atoms with Crippen molar-refractivity contribution in [3.8, 4) is 0 Å². The molecule has 3 nitrogen and oxygen atoms in total. The minimum Gasteiger partial charge on any atom is -0.307 e. The summed E-state index contributed by atoms with van der Waals surface area (Å²) in [6.07, 6.45) is 1.16. The minimum atomic E-state index is -0.472. The van der Waals surface area contributed by atoms with Gasteiger partial charge < -0.3 is 14.4 Å². The monoisotopic (exact) mass is 604 g/mol. The maximum atomic E-state index is 8.00. The van der Waals surface area contributed by atoms with Crippen molar-refractivity contribution in [1.82, 2.24) is 0 Å². The van der Waals surface area contributed by atoms with Crippen LogP contribution in [0.4, 0.5) is 0 Å². The first-order chi connectivity index (χ1) is 17.4. The molecule has 188 valence electrons. The van der Waals surface area contributed by atoms with Crippen molar-refractivity contribution in [3.05, 3.63) is 121 Å². The number of benzene rings is 4. The standard InChI is InChI=1S/C27H26P2.3CH2O.Ru/c1-2-27(28(23-15-7-3-8-16-23)24-17-9-4-10-18-24)29(25-19-11-5-12-20-25)26-21-13-6-14-22-26;3*1-2;/h3-22,27H,2H2,1H3;3*1H2;. The molecule has 4 aromatic rings. The summed E-state index contributed by atoms with van der Waals surface area (Å²) in [7, 11) is -0.944. The average Bonchev–Trinajstić information content (AvgIpc) is 2.98. The summed E-state index contributed by atoms with van der Waals surface area (Å²) in [5.74, 6) is 0. The van der Waals surface area contributed by atoms with Gasteiger partial charge in [-0.25, -0.2) is 0 Å². The molecule has 0 saturated heterocycles. The van der Waals surface area contributed by atoms with Gasteiger partial charge in [-0.05, 0) is 43.5 Å². The van der Waals surface area contributed by atoms with E-state index in [2.05, 4.69) is 128 Å². The van der Waals surface area contributed by atoms with Gasteiger partial charge in [0.15, 0.2) is 0 Å². The van der Waals surface area contributed by atoms with E-state index in [0.717, 1.165) is 6.42 Å². The van der Waals surface area contributed by atoms with Gasteiger partial charge in [0.05, 0.1) is 0 Å². The Bertz CT molecular complexity index is 888. The van der Waals surface area contributed by atoms with Gasteiger partial charge in [0, 0.05) is 24.9 Å². The molecule has 0 bridgehead atoms. The predicted molar refractivity (Wildman–Crippen MR) is 154 cm³/mol. The largest absolute Gasteiger partial charge is 0.307 e. The van der Waals surface area contributed by atoms with Gasteiger partial charge in [-0.3, -0.25) is 0 Å². The van der Waals surface area contributed by atoms with Crippen molar-refractivity contribution in [1.29, 1.82) is 0 Å². The fraction of sp³-hybridized carbons (Fsp3) is 0.100. The van der Waals surface area contributed by atoms with Crippen molar-refractivity contribution in [2.24, 2.45) is 0 Å². The molecule has 0 spiro atoms. The van der Waals surface area contributed by atoms with Crippen LogP contribution in [0.1, 0.15) is 13.3 Å².